The molecular weight excluding hydrogens is 554 g/mol. The molecule has 3 aromatic carbocycles. The summed E-state index contributed by atoms with van der Waals surface area (Å²) in [6, 6.07) is 24.0. The number of nitrogens with one attached hydrogen (secondary N) is 2. The Hall–Kier alpha value is -4.79. The number of halogens is 2. The Labute approximate surface area is 249 Å². The van der Waals surface area contributed by atoms with Gasteiger partial charge in [0.05, 0.1) is 5.70 Å². The van der Waals surface area contributed by atoms with Gasteiger partial charge in [0.25, 0.3) is 5.78 Å². The number of ether oxygens (including phenoxy) is 2. The van der Waals surface area contributed by atoms with Gasteiger partial charge < -0.3 is 20.1 Å². The maximum absolute atomic E-state index is 15.1. The van der Waals surface area contributed by atoms with Crippen molar-refractivity contribution in [3.05, 3.63) is 119 Å². The molecule has 0 aliphatic heterocycles. The molecule has 7 nitrogen and oxygen atoms in total. The molecule has 0 spiro atoms. The second-order valence-corrected chi connectivity index (χ2v) is 10.4. The van der Waals surface area contributed by atoms with Crippen molar-refractivity contribution in [2.75, 3.05) is 0 Å². The van der Waals surface area contributed by atoms with E-state index in [4.69, 9.17) is 9.47 Å². The lowest BCUT2D eigenvalue weighted by Gasteiger charge is -2.28. The number of amides is 2. The van der Waals surface area contributed by atoms with E-state index in [0.29, 0.717) is 17.9 Å². The summed E-state index contributed by atoms with van der Waals surface area (Å²) in [7, 11) is 0. The van der Waals surface area contributed by atoms with E-state index in [2.05, 4.69) is 10.6 Å². The van der Waals surface area contributed by atoms with Crippen molar-refractivity contribution in [2.24, 2.45) is 5.92 Å². The van der Waals surface area contributed by atoms with E-state index in [1.807, 2.05) is 36.4 Å². The average molecular weight is 589 g/mol. The molecule has 1 aliphatic carbocycles. The van der Waals surface area contributed by atoms with Gasteiger partial charge in [-0.1, -0.05) is 93.6 Å². The first-order chi connectivity index (χ1) is 20.6. The highest BCUT2D eigenvalue weighted by Gasteiger charge is 2.48. The van der Waals surface area contributed by atoms with Gasteiger partial charge in [-0.2, -0.15) is 8.78 Å². The highest BCUT2D eigenvalue weighted by atomic mass is 19.3. The molecule has 43 heavy (non-hydrogen) atoms. The summed E-state index contributed by atoms with van der Waals surface area (Å²) >= 11 is 0. The van der Waals surface area contributed by atoms with Gasteiger partial charge in [-0.05, 0) is 47.2 Å². The molecule has 0 fully saturated rings. The fourth-order valence-corrected chi connectivity index (χ4v) is 4.54. The number of benzene rings is 3. The van der Waals surface area contributed by atoms with Crippen LogP contribution in [0.2, 0.25) is 0 Å². The first kappa shape index (κ1) is 31.2. The molecule has 0 saturated carbocycles. The Kier molecular flexibility index (Phi) is 10.1. The van der Waals surface area contributed by atoms with Crippen LogP contribution < -0.4 is 15.4 Å². The second-order valence-electron chi connectivity index (χ2n) is 10.4. The van der Waals surface area contributed by atoms with Crippen LogP contribution in [0.5, 0.6) is 5.75 Å². The first-order valence-corrected chi connectivity index (χ1v) is 14.0. The van der Waals surface area contributed by atoms with Crippen molar-refractivity contribution in [3.63, 3.8) is 0 Å². The summed E-state index contributed by atoms with van der Waals surface area (Å²) in [4.78, 5) is 39.0. The van der Waals surface area contributed by atoms with E-state index in [9.17, 15) is 14.4 Å². The third-order valence-electron chi connectivity index (χ3n) is 6.98. The van der Waals surface area contributed by atoms with Gasteiger partial charge in [0, 0.05) is 11.1 Å². The second kappa shape index (κ2) is 13.9. The molecule has 0 bridgehead atoms. The first-order valence-electron chi connectivity index (χ1n) is 14.0. The minimum atomic E-state index is -3.80. The van der Waals surface area contributed by atoms with Gasteiger partial charge in [-0.25, -0.2) is 4.79 Å². The zero-order valence-electron chi connectivity index (χ0n) is 24.2. The fraction of sp³-hybridized carbons (Fsp3) is 0.265. The third-order valence-corrected chi connectivity index (χ3v) is 6.98. The molecule has 1 aliphatic rings. The number of hydrogen-bond acceptors (Lipinski definition) is 5. The molecular formula is C34H34F2N2O5. The van der Waals surface area contributed by atoms with E-state index >= 15 is 8.78 Å². The summed E-state index contributed by atoms with van der Waals surface area (Å²) in [5, 5.41) is 4.90. The summed E-state index contributed by atoms with van der Waals surface area (Å²) in [5.41, 5.74) is 1.40. The number of alkyl halides is 2. The van der Waals surface area contributed by atoms with Crippen molar-refractivity contribution in [2.45, 2.75) is 52.4 Å². The van der Waals surface area contributed by atoms with Crippen LogP contribution in [0, 0.1) is 5.92 Å². The molecule has 4 rings (SSSR count). The number of carbonyl (C=O) groups excluding carboxylic acids is 3. The molecule has 2 N–H and O–H groups in total. The molecule has 0 saturated heterocycles. The summed E-state index contributed by atoms with van der Waals surface area (Å²) < 4.78 is 41.2. The quantitative estimate of drug-likeness (QED) is 0.263. The Morgan fingerprint density at radius 2 is 1.44 bits per heavy atom. The molecule has 2 amide bonds. The van der Waals surface area contributed by atoms with Crippen molar-refractivity contribution in [1.82, 2.24) is 10.6 Å². The minimum Gasteiger partial charge on any atom is -0.489 e. The maximum Gasteiger partial charge on any atom is 0.408 e. The lowest BCUT2D eigenvalue weighted by molar-refractivity contribution is -0.136. The van der Waals surface area contributed by atoms with Gasteiger partial charge >= 0.3 is 12.0 Å². The Morgan fingerprint density at radius 3 is 2.00 bits per heavy atom. The zero-order chi connectivity index (χ0) is 31.0. The van der Waals surface area contributed by atoms with Crippen molar-refractivity contribution < 1.29 is 32.6 Å². The fourth-order valence-electron chi connectivity index (χ4n) is 4.54. The van der Waals surface area contributed by atoms with E-state index in [-0.39, 0.29) is 24.2 Å². The molecule has 9 heteroatoms. The van der Waals surface area contributed by atoms with Crippen LogP contribution in [0.25, 0.3) is 5.57 Å². The Balaban J connectivity index is 1.56. The van der Waals surface area contributed by atoms with E-state index in [1.54, 1.807) is 62.4 Å². The average Bonchev–Trinajstić information content (AvgIpc) is 3.01. The molecule has 1 atom stereocenters. The predicted octanol–water partition coefficient (Wildman–Crippen LogP) is 6.60. The Bertz CT molecular complexity index is 1500. The lowest BCUT2D eigenvalue weighted by Crippen LogP contribution is -2.51. The Morgan fingerprint density at radius 1 is 0.860 bits per heavy atom. The van der Waals surface area contributed by atoms with Crippen LogP contribution in [0.1, 0.15) is 43.9 Å². The van der Waals surface area contributed by atoms with Crippen LogP contribution in [0.4, 0.5) is 13.6 Å². The van der Waals surface area contributed by atoms with E-state index in [1.165, 1.54) is 13.0 Å². The van der Waals surface area contributed by atoms with Gasteiger partial charge in [0.15, 0.2) is 0 Å². The van der Waals surface area contributed by atoms with Crippen LogP contribution >= 0.6 is 0 Å². The zero-order valence-corrected chi connectivity index (χ0v) is 24.2. The number of carbonyl (C=O) groups is 3. The van der Waals surface area contributed by atoms with E-state index in [0.717, 1.165) is 11.1 Å². The van der Waals surface area contributed by atoms with Crippen LogP contribution in [0.15, 0.2) is 102 Å². The minimum absolute atomic E-state index is 0.0191. The van der Waals surface area contributed by atoms with E-state index < -0.39 is 41.4 Å². The standard InChI is InChI=1S/C34H34F2N2O5/c1-4-26-19-28(25-15-17-27(18-16-25)42-20-23-11-7-5-8-12-23)30(31(39)34(26,35)36)37-32(40)29(22(2)3)38-33(41)43-21-24-13-9-6-10-14-24/h5-19,22,29H,4,20-21H2,1-3H3,(H,37,40)(H,38,41)/t29-/m0/s1. The smallest absolute Gasteiger partial charge is 0.408 e. The molecule has 3 aromatic rings. The van der Waals surface area contributed by atoms with Gasteiger partial charge in [0.2, 0.25) is 5.91 Å². The van der Waals surface area contributed by atoms with Gasteiger partial charge in [-0.15, -0.1) is 0 Å². The van der Waals surface area contributed by atoms with Crippen molar-refractivity contribution in [1.29, 1.82) is 0 Å². The highest BCUT2D eigenvalue weighted by molar-refractivity contribution is 6.14. The van der Waals surface area contributed by atoms with Crippen molar-refractivity contribution in [3.8, 4) is 5.75 Å². The summed E-state index contributed by atoms with van der Waals surface area (Å²) in [5.74, 6) is -6.04. The third kappa shape index (κ3) is 7.74. The van der Waals surface area contributed by atoms with Gasteiger partial charge in [0.1, 0.15) is 25.0 Å². The largest absolute Gasteiger partial charge is 0.489 e. The highest BCUT2D eigenvalue weighted by Crippen LogP contribution is 2.39. The number of rotatable bonds is 11. The number of ketones is 1. The monoisotopic (exact) mass is 588 g/mol. The van der Waals surface area contributed by atoms with Crippen LogP contribution in [-0.4, -0.2) is 29.7 Å². The topological polar surface area (TPSA) is 93.7 Å². The molecule has 224 valence electrons. The number of Topliss-reactive ketones (excluding diaryl/α,β-unsaturated/α-hetero) is 1. The lowest BCUT2D eigenvalue weighted by atomic mass is 9.87. The summed E-state index contributed by atoms with van der Waals surface area (Å²) in [6.07, 6.45) is 0.319. The normalized spacial score (nSPS) is 15.0. The molecule has 0 radical (unpaired) electrons. The van der Waals surface area contributed by atoms with Crippen LogP contribution in [0.3, 0.4) is 0 Å². The number of alkyl carbamates (subject to hydrolysis) is 1. The predicted molar refractivity (Wildman–Crippen MR) is 159 cm³/mol. The van der Waals surface area contributed by atoms with Gasteiger partial charge in [-0.3, -0.25) is 9.59 Å². The van der Waals surface area contributed by atoms with Crippen molar-refractivity contribution >= 4 is 23.4 Å². The van der Waals surface area contributed by atoms with Crippen LogP contribution in [-0.2, 0) is 27.5 Å². The SMILES string of the molecule is CCC1=CC(c2ccc(OCc3ccccc3)cc2)=C(NC(=O)[C@@H](NC(=O)OCc2ccccc2)C(C)C)C(=O)C1(F)F. The molecule has 0 heterocycles. The summed E-state index contributed by atoms with van der Waals surface area (Å²) in [6.45, 7) is 5.21. The molecule has 0 unspecified atom stereocenters. The maximum atomic E-state index is 15.1. The molecule has 0 aromatic heterocycles. The number of hydrogen-bond donors (Lipinski definition) is 2. The number of allylic oxidation sites excluding steroid dienone is 4.